The van der Waals surface area contributed by atoms with Crippen molar-refractivity contribution >= 4 is 5.91 Å². The summed E-state index contributed by atoms with van der Waals surface area (Å²) in [5.74, 6) is 0.340. The van der Waals surface area contributed by atoms with Gasteiger partial charge in [-0.05, 0) is 30.3 Å². The van der Waals surface area contributed by atoms with E-state index in [1.807, 2.05) is 30.3 Å². The fourth-order valence-corrected chi connectivity index (χ4v) is 3.24. The molecule has 5 nitrogen and oxygen atoms in total. The molecule has 0 aliphatic carbocycles. The predicted molar refractivity (Wildman–Crippen MR) is 99.5 cm³/mol. The molecule has 0 bridgehead atoms. The summed E-state index contributed by atoms with van der Waals surface area (Å²) in [6.07, 6.45) is 3.26. The van der Waals surface area contributed by atoms with Crippen LogP contribution in [0.3, 0.4) is 0 Å². The summed E-state index contributed by atoms with van der Waals surface area (Å²) in [6, 6.07) is 17.7. The van der Waals surface area contributed by atoms with Crippen LogP contribution in [-0.2, 0) is 0 Å². The third kappa shape index (κ3) is 3.84. The van der Waals surface area contributed by atoms with E-state index in [0.717, 1.165) is 18.6 Å². The second-order valence-corrected chi connectivity index (χ2v) is 6.52. The minimum atomic E-state index is -0.376. The van der Waals surface area contributed by atoms with Gasteiger partial charge in [-0.3, -0.25) is 4.79 Å². The number of amides is 1. The molecule has 1 saturated heterocycles. The monoisotopic (exact) mass is 365 g/mol. The maximum atomic E-state index is 13.9. The number of hydrogen-bond acceptors (Lipinski definition) is 3. The summed E-state index contributed by atoms with van der Waals surface area (Å²) in [4.78, 5) is 14.5. The molecule has 2 aromatic carbocycles. The summed E-state index contributed by atoms with van der Waals surface area (Å²) >= 11 is 0. The number of para-hydroxylation sites is 2. The second-order valence-electron chi connectivity index (χ2n) is 6.52. The van der Waals surface area contributed by atoms with Gasteiger partial charge in [0.05, 0.1) is 0 Å². The van der Waals surface area contributed by atoms with Crippen molar-refractivity contribution in [1.29, 1.82) is 0 Å². The van der Waals surface area contributed by atoms with Gasteiger partial charge < -0.3 is 9.64 Å². The summed E-state index contributed by atoms with van der Waals surface area (Å²) in [6.45, 7) is 1.23. The first-order valence-electron chi connectivity index (χ1n) is 9.02. The number of carbonyl (C=O) groups excluding carboxylic acids is 1. The van der Waals surface area contributed by atoms with Gasteiger partial charge in [0.2, 0.25) is 0 Å². The van der Waals surface area contributed by atoms with Crippen LogP contribution < -0.4 is 4.74 Å². The summed E-state index contributed by atoms with van der Waals surface area (Å²) in [5.41, 5.74) is 0.646. The summed E-state index contributed by atoms with van der Waals surface area (Å²) in [7, 11) is 0. The molecule has 2 heterocycles. The van der Waals surface area contributed by atoms with E-state index in [4.69, 9.17) is 4.74 Å². The van der Waals surface area contributed by atoms with Crippen molar-refractivity contribution in [3.63, 3.8) is 0 Å². The molecular weight excluding hydrogens is 345 g/mol. The number of rotatable bonds is 4. The quantitative estimate of drug-likeness (QED) is 0.708. The lowest BCUT2D eigenvalue weighted by Crippen LogP contribution is -2.42. The van der Waals surface area contributed by atoms with Crippen LogP contribution in [0.5, 0.6) is 5.75 Å². The Balaban J connectivity index is 1.38. The van der Waals surface area contributed by atoms with Crippen molar-refractivity contribution in [3.8, 4) is 11.4 Å². The Morgan fingerprint density at radius 2 is 1.70 bits per heavy atom. The fraction of sp³-hybridized carbons (Fsp3) is 0.238. The molecule has 0 saturated carbocycles. The van der Waals surface area contributed by atoms with Crippen molar-refractivity contribution in [2.24, 2.45) is 0 Å². The molecule has 0 N–H and O–H groups in total. The van der Waals surface area contributed by atoms with Gasteiger partial charge in [-0.25, -0.2) is 9.07 Å². The zero-order valence-electron chi connectivity index (χ0n) is 14.8. The van der Waals surface area contributed by atoms with Gasteiger partial charge >= 0.3 is 0 Å². The number of carbonyl (C=O) groups is 1. The van der Waals surface area contributed by atoms with Crippen molar-refractivity contribution in [2.45, 2.75) is 18.9 Å². The number of ether oxygens (including phenoxy) is 1. The zero-order chi connectivity index (χ0) is 18.6. The van der Waals surface area contributed by atoms with Crippen molar-refractivity contribution in [1.82, 2.24) is 14.7 Å². The molecule has 6 heteroatoms. The lowest BCUT2D eigenvalue weighted by molar-refractivity contribution is 0.0589. The fourth-order valence-electron chi connectivity index (χ4n) is 3.24. The highest BCUT2D eigenvalue weighted by molar-refractivity contribution is 5.92. The van der Waals surface area contributed by atoms with Gasteiger partial charge in [0.25, 0.3) is 5.91 Å². The first kappa shape index (κ1) is 17.3. The number of hydrogen-bond donors (Lipinski definition) is 0. The van der Waals surface area contributed by atoms with Gasteiger partial charge in [-0.15, -0.1) is 0 Å². The van der Waals surface area contributed by atoms with Crippen LogP contribution in [0.1, 0.15) is 23.3 Å². The average Bonchev–Trinajstić information content (AvgIpc) is 3.19. The van der Waals surface area contributed by atoms with Gasteiger partial charge in [-0.2, -0.15) is 5.10 Å². The Morgan fingerprint density at radius 3 is 2.44 bits per heavy atom. The van der Waals surface area contributed by atoms with Gasteiger partial charge in [0.1, 0.15) is 23.4 Å². The Kier molecular flexibility index (Phi) is 4.87. The van der Waals surface area contributed by atoms with Gasteiger partial charge in [0.15, 0.2) is 5.69 Å². The number of benzene rings is 2. The molecule has 138 valence electrons. The number of nitrogens with zero attached hydrogens (tertiary/aromatic N) is 3. The van der Waals surface area contributed by atoms with Crippen LogP contribution >= 0.6 is 0 Å². The highest BCUT2D eigenvalue weighted by Crippen LogP contribution is 2.20. The molecule has 0 spiro atoms. The smallest absolute Gasteiger partial charge is 0.274 e. The minimum Gasteiger partial charge on any atom is -0.490 e. The third-order valence-corrected chi connectivity index (χ3v) is 4.68. The maximum absolute atomic E-state index is 13.9. The highest BCUT2D eigenvalue weighted by atomic mass is 19.1. The van der Waals surface area contributed by atoms with E-state index in [-0.39, 0.29) is 17.8 Å². The van der Waals surface area contributed by atoms with E-state index in [2.05, 4.69) is 5.10 Å². The van der Waals surface area contributed by atoms with Crippen molar-refractivity contribution in [2.75, 3.05) is 13.1 Å². The highest BCUT2D eigenvalue weighted by Gasteiger charge is 2.26. The van der Waals surface area contributed by atoms with Gasteiger partial charge in [-0.1, -0.05) is 30.3 Å². The molecule has 3 aromatic rings. The largest absolute Gasteiger partial charge is 0.490 e. The Morgan fingerprint density at radius 1 is 1.00 bits per heavy atom. The Labute approximate surface area is 157 Å². The zero-order valence-corrected chi connectivity index (χ0v) is 14.8. The van der Waals surface area contributed by atoms with Crippen LogP contribution in [0.15, 0.2) is 66.9 Å². The molecule has 4 rings (SSSR count). The molecular formula is C21H20FN3O2. The van der Waals surface area contributed by atoms with Crippen molar-refractivity contribution < 1.29 is 13.9 Å². The molecule has 1 fully saturated rings. The van der Waals surface area contributed by atoms with E-state index in [1.165, 1.54) is 10.7 Å². The summed E-state index contributed by atoms with van der Waals surface area (Å²) in [5, 5.41) is 4.26. The number of likely N-dealkylation sites (tertiary alicyclic amines) is 1. The van der Waals surface area contributed by atoms with E-state index in [9.17, 15) is 9.18 Å². The maximum Gasteiger partial charge on any atom is 0.274 e. The second kappa shape index (κ2) is 7.61. The lowest BCUT2D eigenvalue weighted by atomic mass is 10.1. The standard InChI is InChI=1S/C21H20FN3O2/c22-18-8-4-5-9-20(18)25-15-12-19(23-25)21(26)24-13-10-17(11-14-24)27-16-6-2-1-3-7-16/h1-9,12,15,17H,10-11,13-14H2. The molecule has 0 unspecified atom stereocenters. The van der Waals surface area contributed by atoms with E-state index >= 15 is 0 Å². The normalized spacial score (nSPS) is 14.9. The van der Waals surface area contributed by atoms with Crippen LogP contribution in [0.25, 0.3) is 5.69 Å². The minimum absolute atomic E-state index is 0.104. The summed E-state index contributed by atoms with van der Waals surface area (Å²) < 4.78 is 21.3. The van der Waals surface area contributed by atoms with Crippen molar-refractivity contribution in [3.05, 3.63) is 78.4 Å². The van der Waals surface area contributed by atoms with Gasteiger partial charge in [0, 0.05) is 32.1 Å². The van der Waals surface area contributed by atoms with E-state index < -0.39 is 0 Å². The Bertz CT molecular complexity index is 918. The third-order valence-electron chi connectivity index (χ3n) is 4.68. The molecule has 1 aliphatic rings. The molecule has 27 heavy (non-hydrogen) atoms. The molecule has 1 aliphatic heterocycles. The van der Waals surface area contributed by atoms with E-state index in [0.29, 0.717) is 24.5 Å². The number of aromatic nitrogens is 2. The SMILES string of the molecule is O=C(c1ccn(-c2ccccc2F)n1)N1CCC(Oc2ccccc2)CC1. The molecule has 1 amide bonds. The van der Waals surface area contributed by atoms with Crippen LogP contribution in [0, 0.1) is 5.82 Å². The van der Waals surface area contributed by atoms with E-state index in [1.54, 1.807) is 35.4 Å². The topological polar surface area (TPSA) is 47.4 Å². The average molecular weight is 365 g/mol. The first-order valence-corrected chi connectivity index (χ1v) is 9.02. The Hall–Kier alpha value is -3.15. The number of piperidine rings is 1. The van der Waals surface area contributed by atoms with Crippen LogP contribution in [0.2, 0.25) is 0 Å². The first-order chi connectivity index (χ1) is 13.2. The lowest BCUT2D eigenvalue weighted by Gasteiger charge is -2.31. The van der Waals surface area contributed by atoms with Crippen LogP contribution in [0.4, 0.5) is 4.39 Å². The molecule has 0 atom stereocenters. The number of halogens is 1. The molecule has 0 radical (unpaired) electrons. The van der Waals surface area contributed by atoms with Crippen LogP contribution in [-0.4, -0.2) is 39.8 Å². The predicted octanol–water partition coefficient (Wildman–Crippen LogP) is 3.70. The molecule has 1 aromatic heterocycles.